The first kappa shape index (κ1) is 11.4. The van der Waals surface area contributed by atoms with Crippen molar-refractivity contribution in [3.05, 3.63) is 0 Å². The molecule has 0 radical (unpaired) electrons. The second-order valence-corrected chi connectivity index (χ2v) is 6.76. The Hall–Kier alpha value is -0.130. The van der Waals surface area contributed by atoms with Crippen molar-refractivity contribution in [3.63, 3.8) is 0 Å². The zero-order valence-corrected chi connectivity index (χ0v) is 9.76. The summed E-state index contributed by atoms with van der Waals surface area (Å²) in [7, 11) is -2.79. The van der Waals surface area contributed by atoms with Crippen molar-refractivity contribution in [1.82, 2.24) is 5.32 Å². The number of rotatable bonds is 2. The van der Waals surface area contributed by atoms with Gasteiger partial charge in [0.25, 0.3) is 0 Å². The Morgan fingerprint density at radius 1 is 1.13 bits per heavy atom. The van der Waals surface area contributed by atoms with Gasteiger partial charge in [0, 0.05) is 18.7 Å². The molecule has 0 aliphatic carbocycles. The minimum Gasteiger partial charge on any atom is -0.380 e. The third-order valence-electron chi connectivity index (χ3n) is 3.09. The molecule has 0 amide bonds. The molecular weight excluding hydrogens is 214 g/mol. The summed E-state index contributed by atoms with van der Waals surface area (Å²) in [6.07, 6.45) is 3.97. The van der Waals surface area contributed by atoms with E-state index in [9.17, 15) is 8.42 Å². The Morgan fingerprint density at radius 3 is 2.60 bits per heavy atom. The van der Waals surface area contributed by atoms with Crippen LogP contribution in [0.5, 0.6) is 0 Å². The zero-order valence-electron chi connectivity index (χ0n) is 8.94. The van der Waals surface area contributed by atoms with Gasteiger partial charge in [-0.1, -0.05) is 0 Å². The van der Waals surface area contributed by atoms with Gasteiger partial charge in [-0.15, -0.1) is 0 Å². The maximum atomic E-state index is 11.4. The number of sulfone groups is 1. The van der Waals surface area contributed by atoms with Gasteiger partial charge >= 0.3 is 0 Å². The van der Waals surface area contributed by atoms with E-state index in [-0.39, 0.29) is 6.04 Å². The average molecular weight is 233 g/mol. The Labute approximate surface area is 91.3 Å². The van der Waals surface area contributed by atoms with E-state index in [1.165, 1.54) is 0 Å². The van der Waals surface area contributed by atoms with Crippen molar-refractivity contribution >= 4 is 9.84 Å². The normalized spacial score (nSPS) is 36.3. The Bertz CT molecular complexity index is 296. The predicted molar refractivity (Wildman–Crippen MR) is 58.7 cm³/mol. The van der Waals surface area contributed by atoms with E-state index in [4.69, 9.17) is 4.74 Å². The van der Waals surface area contributed by atoms with Crippen LogP contribution in [0.25, 0.3) is 0 Å². The van der Waals surface area contributed by atoms with Crippen molar-refractivity contribution < 1.29 is 13.2 Å². The fourth-order valence-corrected chi connectivity index (χ4v) is 4.01. The van der Waals surface area contributed by atoms with Gasteiger partial charge in [0.1, 0.15) is 0 Å². The van der Waals surface area contributed by atoms with Crippen molar-refractivity contribution in [1.29, 1.82) is 0 Å². The summed E-state index contributed by atoms with van der Waals surface area (Å²) in [4.78, 5) is 0. The predicted octanol–water partition coefficient (Wildman–Crippen LogP) is 0.332. The molecule has 4 nitrogen and oxygen atoms in total. The highest BCUT2D eigenvalue weighted by Crippen LogP contribution is 2.14. The molecule has 2 saturated heterocycles. The van der Waals surface area contributed by atoms with Crippen LogP contribution in [-0.4, -0.2) is 45.2 Å². The summed E-state index contributed by atoms with van der Waals surface area (Å²) in [5.41, 5.74) is 0. The molecule has 88 valence electrons. The lowest BCUT2D eigenvalue weighted by atomic mass is 10.1. The van der Waals surface area contributed by atoms with E-state index in [2.05, 4.69) is 5.32 Å². The molecule has 2 atom stereocenters. The molecule has 2 aliphatic rings. The van der Waals surface area contributed by atoms with Crippen LogP contribution in [0.2, 0.25) is 0 Å². The second-order valence-electron chi connectivity index (χ2n) is 4.53. The minimum absolute atomic E-state index is 0.149. The molecule has 0 spiro atoms. The van der Waals surface area contributed by atoms with E-state index in [1.54, 1.807) is 0 Å². The maximum Gasteiger partial charge on any atom is 0.151 e. The molecule has 0 aromatic heterocycles. The summed E-state index contributed by atoms with van der Waals surface area (Å²) < 4.78 is 28.2. The summed E-state index contributed by atoms with van der Waals surface area (Å²) in [6.45, 7) is 1.58. The van der Waals surface area contributed by atoms with Crippen LogP contribution in [0.1, 0.15) is 25.7 Å². The SMILES string of the molecule is O=S1(=O)CCCC(NC2CCCOC2)C1. The molecular formula is C10H19NO3S. The Morgan fingerprint density at radius 2 is 1.93 bits per heavy atom. The van der Waals surface area contributed by atoms with Gasteiger partial charge in [0.15, 0.2) is 9.84 Å². The molecule has 2 heterocycles. The quantitative estimate of drug-likeness (QED) is 0.747. The van der Waals surface area contributed by atoms with Crippen LogP contribution in [0, 0.1) is 0 Å². The van der Waals surface area contributed by atoms with Crippen LogP contribution >= 0.6 is 0 Å². The highest BCUT2D eigenvalue weighted by atomic mass is 32.2. The summed E-state index contributed by atoms with van der Waals surface area (Å²) in [5, 5.41) is 3.41. The van der Waals surface area contributed by atoms with Gasteiger partial charge in [0.2, 0.25) is 0 Å². The average Bonchev–Trinajstić information content (AvgIpc) is 2.17. The van der Waals surface area contributed by atoms with Crippen LogP contribution in [0.4, 0.5) is 0 Å². The highest BCUT2D eigenvalue weighted by molar-refractivity contribution is 7.91. The van der Waals surface area contributed by atoms with Crippen LogP contribution in [0.3, 0.4) is 0 Å². The lowest BCUT2D eigenvalue weighted by Gasteiger charge is -2.30. The van der Waals surface area contributed by atoms with Gasteiger partial charge in [-0.05, 0) is 25.7 Å². The molecule has 0 aromatic rings. The topological polar surface area (TPSA) is 55.4 Å². The highest BCUT2D eigenvalue weighted by Gasteiger charge is 2.26. The first-order chi connectivity index (χ1) is 7.16. The van der Waals surface area contributed by atoms with Gasteiger partial charge in [0.05, 0.1) is 18.1 Å². The molecule has 5 heteroatoms. The first-order valence-corrected chi connectivity index (χ1v) is 7.52. The third-order valence-corrected chi connectivity index (χ3v) is 4.92. The van der Waals surface area contributed by atoms with Crippen molar-refractivity contribution in [2.24, 2.45) is 0 Å². The van der Waals surface area contributed by atoms with Crippen LogP contribution < -0.4 is 5.32 Å². The number of hydrogen-bond donors (Lipinski definition) is 1. The lowest BCUT2D eigenvalue weighted by Crippen LogP contribution is -2.48. The van der Waals surface area contributed by atoms with Crippen LogP contribution in [-0.2, 0) is 14.6 Å². The van der Waals surface area contributed by atoms with Gasteiger partial charge < -0.3 is 10.1 Å². The fraction of sp³-hybridized carbons (Fsp3) is 1.00. The summed E-state index contributed by atoms with van der Waals surface area (Å²) in [6, 6.07) is 0.507. The summed E-state index contributed by atoms with van der Waals surface area (Å²) in [5.74, 6) is 0.676. The lowest BCUT2D eigenvalue weighted by molar-refractivity contribution is 0.0667. The van der Waals surface area contributed by atoms with Gasteiger partial charge in [-0.2, -0.15) is 0 Å². The minimum atomic E-state index is -2.79. The molecule has 2 aliphatic heterocycles. The second kappa shape index (κ2) is 4.80. The van der Waals surface area contributed by atoms with E-state index >= 15 is 0 Å². The number of hydrogen-bond acceptors (Lipinski definition) is 4. The zero-order chi connectivity index (χ0) is 10.7. The molecule has 2 fully saturated rings. The smallest absolute Gasteiger partial charge is 0.151 e. The molecule has 15 heavy (non-hydrogen) atoms. The van der Waals surface area contributed by atoms with Crippen molar-refractivity contribution in [3.8, 4) is 0 Å². The van der Waals surface area contributed by atoms with E-state index in [0.717, 1.165) is 38.9 Å². The monoisotopic (exact) mass is 233 g/mol. The van der Waals surface area contributed by atoms with Crippen molar-refractivity contribution in [2.75, 3.05) is 24.7 Å². The maximum absolute atomic E-state index is 11.4. The molecule has 0 saturated carbocycles. The third kappa shape index (κ3) is 3.43. The molecule has 0 bridgehead atoms. The standard InChI is InChI=1S/C10H19NO3S/c12-15(13)6-2-4-10(8-15)11-9-3-1-5-14-7-9/h9-11H,1-8H2. The Kier molecular flexibility index (Phi) is 3.64. The summed E-state index contributed by atoms with van der Waals surface area (Å²) >= 11 is 0. The van der Waals surface area contributed by atoms with E-state index < -0.39 is 9.84 Å². The number of ether oxygens (including phenoxy) is 1. The fourth-order valence-electron chi connectivity index (χ4n) is 2.36. The van der Waals surface area contributed by atoms with Gasteiger partial charge in [-0.25, -0.2) is 8.42 Å². The largest absolute Gasteiger partial charge is 0.380 e. The van der Waals surface area contributed by atoms with E-state index in [0.29, 0.717) is 17.5 Å². The molecule has 0 aromatic carbocycles. The molecule has 1 N–H and O–H groups in total. The van der Waals surface area contributed by atoms with Crippen LogP contribution in [0.15, 0.2) is 0 Å². The first-order valence-electron chi connectivity index (χ1n) is 5.70. The molecule has 2 rings (SSSR count). The molecule has 2 unspecified atom stereocenters. The number of nitrogens with one attached hydrogen (secondary N) is 1. The van der Waals surface area contributed by atoms with E-state index in [1.807, 2.05) is 0 Å². The Balaban J connectivity index is 1.83. The van der Waals surface area contributed by atoms with Crippen molar-refractivity contribution in [2.45, 2.75) is 37.8 Å². The van der Waals surface area contributed by atoms with Gasteiger partial charge in [-0.3, -0.25) is 0 Å².